The van der Waals surface area contributed by atoms with Crippen LogP contribution in [0.4, 0.5) is 4.79 Å². The fraction of sp³-hybridized carbons (Fsp3) is 0.462. The highest BCUT2D eigenvalue weighted by molar-refractivity contribution is 6.07. The number of aryl methyl sites for hydroxylation is 2. The number of urea groups is 1. The van der Waals surface area contributed by atoms with Gasteiger partial charge in [0.05, 0.1) is 6.54 Å². The molecule has 1 heterocycles. The molecule has 1 saturated heterocycles. The van der Waals surface area contributed by atoms with Crippen molar-refractivity contribution in [3.8, 4) is 5.75 Å². The van der Waals surface area contributed by atoms with E-state index in [2.05, 4.69) is 17.4 Å². The van der Waals surface area contributed by atoms with Crippen LogP contribution in [-0.2, 0) is 4.79 Å². The number of hydrogen-bond acceptors (Lipinski definition) is 4. The summed E-state index contributed by atoms with van der Waals surface area (Å²) in [6.45, 7) is 5.90. The number of amides is 3. The molecule has 2 aromatic rings. The molecule has 6 heteroatoms. The Balaban J connectivity index is 1.36. The minimum atomic E-state index is -0.958. The van der Waals surface area contributed by atoms with Crippen LogP contribution in [0.25, 0.3) is 0 Å². The molecule has 2 fully saturated rings. The van der Waals surface area contributed by atoms with Crippen molar-refractivity contribution in [3.05, 3.63) is 64.7 Å². The number of benzene rings is 2. The van der Waals surface area contributed by atoms with Crippen molar-refractivity contribution >= 4 is 11.9 Å². The largest absolute Gasteiger partial charge is 0.490 e. The molecule has 1 atom stereocenters. The van der Waals surface area contributed by atoms with Crippen molar-refractivity contribution in [1.29, 1.82) is 0 Å². The number of nitrogens with one attached hydrogen (secondary N) is 1. The highest BCUT2D eigenvalue weighted by atomic mass is 16.5. The Morgan fingerprint density at radius 2 is 1.72 bits per heavy atom. The number of carbonyl (C=O) groups is 2. The molecule has 1 unspecified atom stereocenters. The van der Waals surface area contributed by atoms with E-state index in [4.69, 9.17) is 4.74 Å². The van der Waals surface area contributed by atoms with Crippen molar-refractivity contribution in [1.82, 2.24) is 10.2 Å². The number of aliphatic hydroxyl groups excluding tert-OH is 1. The topological polar surface area (TPSA) is 78.9 Å². The van der Waals surface area contributed by atoms with Crippen molar-refractivity contribution in [2.75, 3.05) is 13.2 Å². The molecule has 1 spiro atoms. The number of rotatable bonds is 6. The molecule has 2 aliphatic rings. The van der Waals surface area contributed by atoms with Gasteiger partial charge in [0.2, 0.25) is 0 Å². The van der Waals surface area contributed by atoms with E-state index in [0.717, 1.165) is 40.2 Å². The zero-order valence-electron chi connectivity index (χ0n) is 19.1. The molecule has 0 aromatic heterocycles. The maximum absolute atomic E-state index is 13.2. The highest BCUT2D eigenvalue weighted by Crippen LogP contribution is 2.40. The lowest BCUT2D eigenvalue weighted by molar-refractivity contribution is -0.133. The van der Waals surface area contributed by atoms with Crippen LogP contribution < -0.4 is 10.1 Å². The first-order valence-electron chi connectivity index (χ1n) is 11.4. The predicted octanol–water partition coefficient (Wildman–Crippen LogP) is 4.00. The Hall–Kier alpha value is -2.86. The number of β-amino-alcohol motifs (C(OH)–C–C–N with tert-alkyl or cyclic N) is 1. The average Bonchev–Trinajstić information content (AvgIpc) is 3.01. The van der Waals surface area contributed by atoms with Gasteiger partial charge in [-0.25, -0.2) is 4.79 Å². The number of aliphatic hydroxyl groups is 1. The van der Waals surface area contributed by atoms with E-state index in [1.165, 1.54) is 5.56 Å². The van der Waals surface area contributed by atoms with Crippen molar-refractivity contribution in [2.24, 2.45) is 0 Å². The molecule has 0 radical (unpaired) electrons. The fourth-order valence-electron chi connectivity index (χ4n) is 4.94. The minimum absolute atomic E-state index is 0.0191. The third kappa shape index (κ3) is 4.24. The summed E-state index contributed by atoms with van der Waals surface area (Å²) < 4.78 is 5.87. The fourth-order valence-corrected chi connectivity index (χ4v) is 4.94. The van der Waals surface area contributed by atoms with Gasteiger partial charge >= 0.3 is 6.03 Å². The quantitative estimate of drug-likeness (QED) is 0.671. The summed E-state index contributed by atoms with van der Waals surface area (Å²) in [6, 6.07) is 13.9. The van der Waals surface area contributed by atoms with Gasteiger partial charge in [-0.15, -0.1) is 0 Å². The third-order valence-corrected chi connectivity index (χ3v) is 7.04. The molecule has 1 saturated carbocycles. The van der Waals surface area contributed by atoms with Gasteiger partial charge in [-0.05, 0) is 74.6 Å². The molecule has 2 aromatic carbocycles. The van der Waals surface area contributed by atoms with Gasteiger partial charge in [-0.1, -0.05) is 42.5 Å². The number of ether oxygens (including phenoxy) is 1. The van der Waals surface area contributed by atoms with Crippen LogP contribution in [0.2, 0.25) is 0 Å². The van der Waals surface area contributed by atoms with Gasteiger partial charge in [0.15, 0.2) is 0 Å². The standard InChI is InChI=1S/C26H32N2O4/c1-17-9-10-18(2)23(19(17)3)32-16-22(29)15-28-24(30)26(27-25(28)31)13-11-21(12-14-26)20-7-5-4-6-8-20/h4-10,21-22,29H,11-16H2,1-3H3,(H,27,31). The zero-order chi connectivity index (χ0) is 22.9. The lowest BCUT2D eigenvalue weighted by Gasteiger charge is -2.35. The van der Waals surface area contributed by atoms with Crippen LogP contribution in [0.3, 0.4) is 0 Å². The first-order chi connectivity index (χ1) is 15.3. The summed E-state index contributed by atoms with van der Waals surface area (Å²) in [5.74, 6) is 0.924. The molecule has 3 amide bonds. The first-order valence-corrected chi connectivity index (χ1v) is 11.4. The van der Waals surface area contributed by atoms with Gasteiger partial charge in [-0.3, -0.25) is 9.69 Å². The molecular weight excluding hydrogens is 404 g/mol. The van der Waals surface area contributed by atoms with E-state index >= 15 is 0 Å². The second-order valence-corrected chi connectivity index (χ2v) is 9.23. The molecule has 0 bridgehead atoms. The highest BCUT2D eigenvalue weighted by Gasteiger charge is 2.52. The van der Waals surface area contributed by atoms with Gasteiger partial charge in [0.1, 0.15) is 24.0 Å². The molecular formula is C26H32N2O4. The van der Waals surface area contributed by atoms with E-state index in [1.807, 2.05) is 51.1 Å². The molecule has 4 rings (SSSR count). The van der Waals surface area contributed by atoms with Crippen LogP contribution in [0.15, 0.2) is 42.5 Å². The van der Waals surface area contributed by atoms with E-state index in [1.54, 1.807) is 0 Å². The molecule has 1 aliphatic carbocycles. The number of nitrogens with zero attached hydrogens (tertiary/aromatic N) is 1. The first kappa shape index (κ1) is 22.3. The van der Waals surface area contributed by atoms with Crippen molar-refractivity contribution < 1.29 is 19.4 Å². The molecule has 32 heavy (non-hydrogen) atoms. The number of hydrogen-bond donors (Lipinski definition) is 2. The molecule has 6 nitrogen and oxygen atoms in total. The molecule has 1 aliphatic heterocycles. The van der Waals surface area contributed by atoms with Crippen molar-refractivity contribution in [2.45, 2.75) is 64.0 Å². The summed E-state index contributed by atoms with van der Waals surface area (Å²) in [4.78, 5) is 27.0. The van der Waals surface area contributed by atoms with E-state index < -0.39 is 17.7 Å². The van der Waals surface area contributed by atoms with Crippen LogP contribution in [0.5, 0.6) is 5.75 Å². The van der Waals surface area contributed by atoms with Gasteiger partial charge < -0.3 is 15.2 Å². The Morgan fingerprint density at radius 3 is 2.41 bits per heavy atom. The maximum Gasteiger partial charge on any atom is 0.325 e. The minimum Gasteiger partial charge on any atom is -0.490 e. The summed E-state index contributed by atoms with van der Waals surface area (Å²) in [6.07, 6.45) is 1.96. The Labute approximate surface area is 189 Å². The summed E-state index contributed by atoms with van der Waals surface area (Å²) in [7, 11) is 0. The Kier molecular flexibility index (Phi) is 6.24. The van der Waals surface area contributed by atoms with E-state index in [9.17, 15) is 14.7 Å². The van der Waals surface area contributed by atoms with Crippen molar-refractivity contribution in [3.63, 3.8) is 0 Å². The van der Waals surface area contributed by atoms with E-state index in [-0.39, 0.29) is 19.1 Å². The SMILES string of the molecule is Cc1ccc(C)c(OCC(O)CN2C(=O)NC3(CCC(c4ccccc4)CC3)C2=O)c1C. The second-order valence-electron chi connectivity index (χ2n) is 9.23. The number of imide groups is 1. The van der Waals surface area contributed by atoms with E-state index in [0.29, 0.717) is 18.8 Å². The summed E-state index contributed by atoms with van der Waals surface area (Å²) in [5.41, 5.74) is 3.57. The normalized spacial score (nSPS) is 24.0. The summed E-state index contributed by atoms with van der Waals surface area (Å²) >= 11 is 0. The lowest BCUT2D eigenvalue weighted by atomic mass is 9.74. The smallest absolute Gasteiger partial charge is 0.325 e. The Bertz CT molecular complexity index is 996. The lowest BCUT2D eigenvalue weighted by Crippen LogP contribution is -2.49. The zero-order valence-corrected chi connectivity index (χ0v) is 19.1. The van der Waals surface area contributed by atoms with Crippen LogP contribution in [-0.4, -0.2) is 46.7 Å². The van der Waals surface area contributed by atoms with Crippen LogP contribution >= 0.6 is 0 Å². The van der Waals surface area contributed by atoms with Crippen LogP contribution in [0, 0.1) is 20.8 Å². The Morgan fingerprint density at radius 1 is 1.06 bits per heavy atom. The van der Waals surface area contributed by atoms with Gasteiger partial charge in [0.25, 0.3) is 5.91 Å². The monoisotopic (exact) mass is 436 g/mol. The van der Waals surface area contributed by atoms with Gasteiger partial charge in [0, 0.05) is 0 Å². The maximum atomic E-state index is 13.2. The van der Waals surface area contributed by atoms with Gasteiger partial charge in [-0.2, -0.15) is 0 Å². The predicted molar refractivity (Wildman–Crippen MR) is 123 cm³/mol. The number of carbonyl (C=O) groups excluding carboxylic acids is 2. The van der Waals surface area contributed by atoms with Crippen LogP contribution in [0.1, 0.15) is 53.9 Å². The third-order valence-electron chi connectivity index (χ3n) is 7.04. The summed E-state index contributed by atoms with van der Waals surface area (Å²) in [5, 5.41) is 13.5. The average molecular weight is 437 g/mol. The second kappa shape index (κ2) is 8.94. The molecule has 170 valence electrons. The molecule has 2 N–H and O–H groups in total.